The van der Waals surface area contributed by atoms with E-state index in [1.807, 2.05) is 14.1 Å². The molecule has 1 atom stereocenters. The molecule has 134 valence electrons. The van der Waals surface area contributed by atoms with Crippen LogP contribution in [0.15, 0.2) is 24.3 Å². The van der Waals surface area contributed by atoms with Gasteiger partial charge in [-0.25, -0.2) is 0 Å². The van der Waals surface area contributed by atoms with Gasteiger partial charge in [-0.05, 0) is 18.6 Å². The third-order valence-corrected chi connectivity index (χ3v) is 4.70. The fourth-order valence-corrected chi connectivity index (χ4v) is 3.13. The molecule has 0 unspecified atom stereocenters. The molecular weight excluding hydrogens is 302 g/mol. The smallest absolute Gasteiger partial charge is 0.220 e. The van der Waals surface area contributed by atoms with Gasteiger partial charge >= 0.3 is 0 Å². The first-order valence-electron chi connectivity index (χ1n) is 9.08. The van der Waals surface area contributed by atoms with Crippen LogP contribution in [0.5, 0.6) is 0 Å². The summed E-state index contributed by atoms with van der Waals surface area (Å²) in [6.45, 7) is 6.38. The molecular formula is C19H32N3O2+. The Bertz CT molecular complexity index is 496. The molecule has 5 nitrogen and oxygen atoms in total. The van der Waals surface area contributed by atoms with Gasteiger partial charge in [-0.15, -0.1) is 0 Å². The highest BCUT2D eigenvalue weighted by Crippen LogP contribution is 2.16. The van der Waals surface area contributed by atoms with Crippen LogP contribution >= 0.6 is 0 Å². The summed E-state index contributed by atoms with van der Waals surface area (Å²) in [5.74, 6) is 0.166. The molecule has 1 heterocycles. The van der Waals surface area contributed by atoms with Crippen molar-refractivity contribution in [1.82, 2.24) is 5.32 Å². The molecule has 24 heavy (non-hydrogen) atoms. The van der Waals surface area contributed by atoms with Crippen molar-refractivity contribution >= 4 is 11.6 Å². The Hall–Kier alpha value is -1.59. The van der Waals surface area contributed by atoms with Crippen LogP contribution in [0.4, 0.5) is 5.69 Å². The number of nitrogens with one attached hydrogen (secondary N) is 2. The van der Waals surface area contributed by atoms with Crippen molar-refractivity contribution in [3.8, 4) is 0 Å². The molecule has 0 saturated carbocycles. The Morgan fingerprint density at radius 3 is 2.50 bits per heavy atom. The summed E-state index contributed by atoms with van der Waals surface area (Å²) < 4.78 is 5.50. The molecule has 0 aliphatic carbocycles. The van der Waals surface area contributed by atoms with E-state index in [0.29, 0.717) is 13.0 Å². The second-order valence-electron chi connectivity index (χ2n) is 6.72. The highest BCUT2D eigenvalue weighted by molar-refractivity contribution is 5.75. The molecule has 1 aromatic carbocycles. The fraction of sp³-hybridized carbons (Fsp3) is 0.632. The van der Waals surface area contributed by atoms with Crippen molar-refractivity contribution < 1.29 is 14.4 Å². The zero-order valence-electron chi connectivity index (χ0n) is 15.3. The van der Waals surface area contributed by atoms with Gasteiger partial charge in [0.15, 0.2) is 0 Å². The van der Waals surface area contributed by atoms with E-state index in [2.05, 4.69) is 41.4 Å². The number of anilines is 1. The number of hydrogen-bond acceptors (Lipinski definition) is 3. The fourth-order valence-electron chi connectivity index (χ4n) is 3.13. The van der Waals surface area contributed by atoms with Gasteiger partial charge in [-0.2, -0.15) is 0 Å². The van der Waals surface area contributed by atoms with E-state index in [1.165, 1.54) is 16.2 Å². The van der Waals surface area contributed by atoms with Crippen molar-refractivity contribution in [1.29, 1.82) is 0 Å². The van der Waals surface area contributed by atoms with Gasteiger partial charge in [0, 0.05) is 31.8 Å². The van der Waals surface area contributed by atoms with E-state index in [9.17, 15) is 4.79 Å². The molecule has 1 saturated heterocycles. The van der Waals surface area contributed by atoms with E-state index < -0.39 is 0 Å². The summed E-state index contributed by atoms with van der Waals surface area (Å²) in [4.78, 5) is 15.6. The monoisotopic (exact) mass is 334 g/mol. The Balaban J connectivity index is 2.05. The van der Waals surface area contributed by atoms with Gasteiger partial charge < -0.3 is 19.9 Å². The Morgan fingerprint density at radius 2 is 1.92 bits per heavy atom. The minimum atomic E-state index is 0.166. The van der Waals surface area contributed by atoms with E-state index in [0.717, 1.165) is 39.1 Å². The first-order valence-corrected chi connectivity index (χ1v) is 9.08. The summed E-state index contributed by atoms with van der Waals surface area (Å²) in [7, 11) is 4.10. The standard InChI is InChI=1S/C19H31N3O2/c1-4-5-6-19(23)20-15-18(22-11-13-24-14-12-22)16-7-9-17(10-8-16)21(2)3/h7-10,18H,4-6,11-15H2,1-3H3,(H,20,23)/p+1/t18-/m0/s1. The van der Waals surface area contributed by atoms with Crippen LogP contribution in [0, 0.1) is 0 Å². The van der Waals surface area contributed by atoms with Gasteiger partial charge in [-0.3, -0.25) is 4.79 Å². The quantitative estimate of drug-likeness (QED) is 0.746. The zero-order chi connectivity index (χ0) is 17.4. The normalized spacial score (nSPS) is 16.6. The summed E-state index contributed by atoms with van der Waals surface area (Å²) in [5, 5.41) is 3.14. The molecule has 1 aromatic rings. The van der Waals surface area contributed by atoms with E-state index in [-0.39, 0.29) is 11.9 Å². The van der Waals surface area contributed by atoms with Crippen molar-refractivity contribution in [2.24, 2.45) is 0 Å². The lowest BCUT2D eigenvalue weighted by atomic mass is 10.0. The summed E-state index contributed by atoms with van der Waals surface area (Å²) in [6.07, 6.45) is 2.64. The maximum atomic E-state index is 12.0. The highest BCUT2D eigenvalue weighted by Gasteiger charge is 2.26. The van der Waals surface area contributed by atoms with Crippen LogP contribution in [0.25, 0.3) is 0 Å². The van der Waals surface area contributed by atoms with Gasteiger partial charge in [0.2, 0.25) is 5.91 Å². The second kappa shape index (κ2) is 9.64. The van der Waals surface area contributed by atoms with Crippen LogP contribution in [0.2, 0.25) is 0 Å². The average molecular weight is 334 g/mol. The number of unbranched alkanes of at least 4 members (excludes halogenated alkanes) is 1. The molecule has 0 radical (unpaired) electrons. The van der Waals surface area contributed by atoms with Crippen LogP contribution in [0.3, 0.4) is 0 Å². The van der Waals surface area contributed by atoms with E-state index in [4.69, 9.17) is 4.74 Å². The van der Waals surface area contributed by atoms with Gasteiger partial charge in [0.25, 0.3) is 0 Å². The molecule has 1 fully saturated rings. The minimum Gasteiger partial charge on any atom is -0.378 e. The highest BCUT2D eigenvalue weighted by atomic mass is 16.5. The lowest BCUT2D eigenvalue weighted by Gasteiger charge is -2.32. The summed E-state index contributed by atoms with van der Waals surface area (Å²) in [5.41, 5.74) is 2.48. The predicted molar refractivity (Wildman–Crippen MR) is 97.6 cm³/mol. The molecule has 2 rings (SSSR count). The Morgan fingerprint density at radius 1 is 1.25 bits per heavy atom. The maximum absolute atomic E-state index is 12.0. The third kappa shape index (κ3) is 5.49. The number of benzene rings is 1. The number of amides is 1. The lowest BCUT2D eigenvalue weighted by molar-refractivity contribution is -0.937. The van der Waals surface area contributed by atoms with Crippen LogP contribution in [-0.4, -0.2) is 52.9 Å². The molecule has 0 spiro atoms. The molecule has 2 N–H and O–H groups in total. The van der Waals surface area contributed by atoms with Gasteiger partial charge in [0.05, 0.1) is 19.8 Å². The maximum Gasteiger partial charge on any atom is 0.220 e. The minimum absolute atomic E-state index is 0.166. The van der Waals surface area contributed by atoms with Crippen LogP contribution < -0.4 is 15.1 Å². The van der Waals surface area contributed by atoms with Crippen molar-refractivity contribution in [2.75, 3.05) is 51.8 Å². The number of quaternary nitrogens is 1. The Kier molecular flexibility index (Phi) is 7.53. The van der Waals surface area contributed by atoms with Crippen LogP contribution in [-0.2, 0) is 9.53 Å². The SMILES string of the molecule is CCCCC(=O)NC[C@@H](c1ccc(N(C)C)cc1)[NH+]1CCOCC1. The number of hydrogen-bond donors (Lipinski definition) is 2. The predicted octanol–water partition coefficient (Wildman–Crippen LogP) is 1.02. The van der Waals surface area contributed by atoms with Crippen molar-refractivity contribution in [3.63, 3.8) is 0 Å². The largest absolute Gasteiger partial charge is 0.378 e. The molecule has 1 aliphatic heterocycles. The first kappa shape index (κ1) is 18.7. The van der Waals surface area contributed by atoms with E-state index in [1.54, 1.807) is 0 Å². The lowest BCUT2D eigenvalue weighted by Crippen LogP contribution is -3.15. The number of morpholine rings is 1. The van der Waals surface area contributed by atoms with Gasteiger partial charge in [0.1, 0.15) is 19.1 Å². The summed E-state index contributed by atoms with van der Waals surface area (Å²) >= 11 is 0. The van der Waals surface area contributed by atoms with Crippen LogP contribution in [0.1, 0.15) is 37.8 Å². The second-order valence-corrected chi connectivity index (χ2v) is 6.72. The first-order chi connectivity index (χ1) is 11.6. The van der Waals surface area contributed by atoms with E-state index >= 15 is 0 Å². The third-order valence-electron chi connectivity index (χ3n) is 4.70. The number of nitrogens with zero attached hydrogens (tertiary/aromatic N) is 1. The molecule has 5 heteroatoms. The number of rotatable bonds is 8. The average Bonchev–Trinajstić information content (AvgIpc) is 2.61. The zero-order valence-corrected chi connectivity index (χ0v) is 15.3. The van der Waals surface area contributed by atoms with Crippen molar-refractivity contribution in [3.05, 3.63) is 29.8 Å². The molecule has 1 aliphatic rings. The summed E-state index contributed by atoms with van der Waals surface area (Å²) in [6, 6.07) is 8.99. The van der Waals surface area contributed by atoms with Crippen molar-refractivity contribution in [2.45, 2.75) is 32.2 Å². The van der Waals surface area contributed by atoms with Gasteiger partial charge in [-0.1, -0.05) is 25.5 Å². The molecule has 0 aromatic heterocycles. The molecule has 0 bridgehead atoms. The number of carbonyl (C=O) groups excluding carboxylic acids is 1. The molecule has 1 amide bonds. The topological polar surface area (TPSA) is 46.0 Å². The Labute approximate surface area is 146 Å². The number of ether oxygens (including phenoxy) is 1. The number of carbonyl (C=O) groups is 1.